The zero-order valence-electron chi connectivity index (χ0n) is 5.07. The van der Waals surface area contributed by atoms with Gasteiger partial charge in [-0.25, -0.2) is 0 Å². The molecule has 0 aliphatic heterocycles. The lowest BCUT2D eigenvalue weighted by Crippen LogP contribution is -1.75. The lowest BCUT2D eigenvalue weighted by atomic mass is 10.4. The average Bonchev–Trinajstić information content (AvgIpc) is 2.37. The van der Waals surface area contributed by atoms with Crippen LogP contribution in [-0.2, 0) is 21.6 Å². The molecule has 0 saturated carbocycles. The first-order chi connectivity index (χ1) is 4.86. The Morgan fingerprint density at radius 3 is 2.90 bits per heavy atom. The van der Waals surface area contributed by atoms with Gasteiger partial charge in [0.2, 0.25) is 0 Å². The van der Waals surface area contributed by atoms with Crippen molar-refractivity contribution in [1.82, 2.24) is 0 Å². The van der Waals surface area contributed by atoms with Gasteiger partial charge in [0.25, 0.3) is 5.75 Å². The van der Waals surface area contributed by atoms with Crippen molar-refractivity contribution in [2.45, 2.75) is 5.75 Å². The minimum atomic E-state index is 0.268. The molecule has 0 aliphatic rings. The highest BCUT2D eigenvalue weighted by Gasteiger charge is 2.06. The molecule has 52 valence electrons. The van der Waals surface area contributed by atoms with Crippen molar-refractivity contribution in [1.29, 1.82) is 0 Å². The SMILES string of the molecule is O=Cc1ccc(C[S+]=O)o1. The van der Waals surface area contributed by atoms with Crippen molar-refractivity contribution in [3.05, 3.63) is 23.7 Å². The third-order valence-electron chi connectivity index (χ3n) is 1.000. The molecule has 1 aromatic heterocycles. The van der Waals surface area contributed by atoms with Crippen LogP contribution in [-0.4, -0.2) is 6.29 Å². The molecule has 1 heterocycles. The van der Waals surface area contributed by atoms with E-state index in [0.717, 1.165) is 0 Å². The Hall–Kier alpha value is -1.03. The van der Waals surface area contributed by atoms with E-state index in [4.69, 9.17) is 4.42 Å². The highest BCUT2D eigenvalue weighted by Crippen LogP contribution is 2.05. The molecule has 0 fully saturated rings. The van der Waals surface area contributed by atoms with E-state index in [1.165, 1.54) is 0 Å². The van der Waals surface area contributed by atoms with Crippen molar-refractivity contribution in [2.75, 3.05) is 0 Å². The topological polar surface area (TPSA) is 47.3 Å². The fraction of sp³-hybridized carbons (Fsp3) is 0.167. The molecule has 1 aromatic rings. The minimum absolute atomic E-state index is 0.268. The molecule has 10 heavy (non-hydrogen) atoms. The van der Waals surface area contributed by atoms with E-state index in [0.29, 0.717) is 23.7 Å². The molecule has 1 rings (SSSR count). The highest BCUT2D eigenvalue weighted by molar-refractivity contribution is 7.64. The van der Waals surface area contributed by atoms with Gasteiger partial charge in [0.1, 0.15) is 0 Å². The van der Waals surface area contributed by atoms with E-state index >= 15 is 0 Å². The molecule has 0 radical (unpaired) electrons. The van der Waals surface area contributed by atoms with Crippen LogP contribution in [0.5, 0.6) is 0 Å². The Bertz CT molecular complexity index is 241. The summed E-state index contributed by atoms with van der Waals surface area (Å²) in [6, 6.07) is 3.16. The Balaban J connectivity index is 2.77. The second-order valence-electron chi connectivity index (χ2n) is 1.68. The zero-order valence-corrected chi connectivity index (χ0v) is 5.89. The van der Waals surface area contributed by atoms with Crippen molar-refractivity contribution in [3.8, 4) is 0 Å². The first-order valence-electron chi connectivity index (χ1n) is 2.65. The van der Waals surface area contributed by atoms with Gasteiger partial charge in [-0.15, -0.1) is 0 Å². The average molecular weight is 157 g/mol. The van der Waals surface area contributed by atoms with Gasteiger partial charge in [0, 0.05) is 4.21 Å². The molecule has 0 unspecified atom stereocenters. The normalized spacial score (nSPS) is 9.20. The fourth-order valence-electron chi connectivity index (χ4n) is 0.593. The van der Waals surface area contributed by atoms with Crippen LogP contribution >= 0.6 is 0 Å². The second kappa shape index (κ2) is 3.22. The molecule has 3 nitrogen and oxygen atoms in total. The van der Waals surface area contributed by atoms with E-state index in [9.17, 15) is 9.00 Å². The maximum atomic E-state index is 10.0. The molecule has 0 saturated heterocycles. The maximum absolute atomic E-state index is 10.0. The predicted octanol–water partition coefficient (Wildman–Crippen LogP) is 1.02. The Morgan fingerprint density at radius 1 is 1.60 bits per heavy atom. The van der Waals surface area contributed by atoms with Gasteiger partial charge in [-0.05, 0) is 12.1 Å². The van der Waals surface area contributed by atoms with Gasteiger partial charge in [0.05, 0.1) is 0 Å². The number of carbonyl (C=O) groups excluding carboxylic acids is 1. The molecule has 0 aliphatic carbocycles. The van der Waals surface area contributed by atoms with Gasteiger partial charge in [-0.2, -0.15) is 0 Å². The summed E-state index contributed by atoms with van der Waals surface area (Å²) in [7, 11) is 0. The largest absolute Gasteiger partial charge is 0.467 e. The molecule has 4 heteroatoms. The minimum Gasteiger partial charge on any atom is -0.452 e. The molecule has 0 bridgehead atoms. The van der Waals surface area contributed by atoms with Crippen LogP contribution in [0.2, 0.25) is 0 Å². The number of rotatable bonds is 3. The van der Waals surface area contributed by atoms with Crippen LogP contribution in [0.25, 0.3) is 0 Å². The van der Waals surface area contributed by atoms with Gasteiger partial charge >= 0.3 is 11.7 Å². The molecular weight excluding hydrogens is 152 g/mol. The molecule has 0 aromatic carbocycles. The molecule has 0 atom stereocenters. The van der Waals surface area contributed by atoms with Crippen molar-refractivity contribution in [3.63, 3.8) is 0 Å². The first kappa shape index (κ1) is 7.08. The third-order valence-corrected chi connectivity index (χ3v) is 1.40. The summed E-state index contributed by atoms with van der Waals surface area (Å²) < 4.78 is 14.8. The van der Waals surface area contributed by atoms with Crippen molar-refractivity contribution >= 4 is 18.0 Å². The first-order valence-corrected chi connectivity index (χ1v) is 3.56. The predicted molar refractivity (Wildman–Crippen MR) is 35.9 cm³/mol. The monoisotopic (exact) mass is 157 g/mol. The number of carbonyl (C=O) groups is 1. The summed E-state index contributed by atoms with van der Waals surface area (Å²) in [5.74, 6) is 1.08. The lowest BCUT2D eigenvalue weighted by Gasteiger charge is -1.76. The van der Waals surface area contributed by atoms with Gasteiger partial charge in [0.15, 0.2) is 17.8 Å². The summed E-state index contributed by atoms with van der Waals surface area (Å²) in [5, 5.41) is 0. The summed E-state index contributed by atoms with van der Waals surface area (Å²) in [6.45, 7) is 0. The number of hydrogen-bond acceptors (Lipinski definition) is 3. The Kier molecular flexibility index (Phi) is 2.28. The quantitative estimate of drug-likeness (QED) is 0.486. The van der Waals surface area contributed by atoms with Crippen LogP contribution in [0, 0.1) is 0 Å². The molecular formula is C6H5O3S+. The zero-order chi connectivity index (χ0) is 7.40. The molecule has 0 N–H and O–H groups in total. The van der Waals surface area contributed by atoms with Gasteiger partial charge < -0.3 is 4.42 Å². The van der Waals surface area contributed by atoms with Crippen LogP contribution in [0.1, 0.15) is 16.3 Å². The Labute approximate surface area is 61.5 Å². The summed E-state index contributed by atoms with van der Waals surface area (Å²) >= 11 is 0.419. The van der Waals surface area contributed by atoms with Crippen LogP contribution in [0.3, 0.4) is 0 Å². The van der Waals surface area contributed by atoms with Crippen LogP contribution in [0.4, 0.5) is 0 Å². The molecule has 0 spiro atoms. The van der Waals surface area contributed by atoms with E-state index < -0.39 is 0 Å². The molecule has 0 amide bonds. The second-order valence-corrected chi connectivity index (χ2v) is 2.21. The number of furan rings is 1. The van der Waals surface area contributed by atoms with Crippen LogP contribution in [0.15, 0.2) is 16.5 Å². The van der Waals surface area contributed by atoms with E-state index in [2.05, 4.69) is 0 Å². The Morgan fingerprint density at radius 2 is 2.40 bits per heavy atom. The van der Waals surface area contributed by atoms with E-state index in [1.807, 2.05) is 0 Å². The van der Waals surface area contributed by atoms with E-state index in [1.54, 1.807) is 12.1 Å². The number of hydrogen-bond donors (Lipinski definition) is 0. The summed E-state index contributed by atoms with van der Waals surface area (Å²) in [5.41, 5.74) is 0. The standard InChI is InChI=1S/C6H5O3S/c7-3-5-1-2-6(9-5)4-10-8/h1-3H,4H2/q+1. The summed E-state index contributed by atoms with van der Waals surface area (Å²) in [6.07, 6.45) is 0.610. The van der Waals surface area contributed by atoms with Gasteiger partial charge in [-0.3, -0.25) is 4.79 Å². The van der Waals surface area contributed by atoms with E-state index in [-0.39, 0.29) is 11.5 Å². The highest BCUT2D eigenvalue weighted by atomic mass is 32.1. The third kappa shape index (κ3) is 1.48. The van der Waals surface area contributed by atoms with Gasteiger partial charge in [-0.1, -0.05) is 0 Å². The van der Waals surface area contributed by atoms with Crippen LogP contribution < -0.4 is 0 Å². The fourth-order valence-corrected chi connectivity index (χ4v) is 0.865. The van der Waals surface area contributed by atoms with Crippen molar-refractivity contribution < 1.29 is 13.4 Å². The number of aldehydes is 1. The summed E-state index contributed by atoms with van der Waals surface area (Å²) in [4.78, 5) is 10.0. The smallest absolute Gasteiger partial charge is 0.452 e. The van der Waals surface area contributed by atoms with Crippen molar-refractivity contribution in [2.24, 2.45) is 0 Å². The lowest BCUT2D eigenvalue weighted by molar-refractivity contribution is 0.109. The maximum Gasteiger partial charge on any atom is 0.467 e.